The molecule has 1 saturated heterocycles. The van der Waals surface area contributed by atoms with E-state index in [4.69, 9.17) is 18.5 Å². The summed E-state index contributed by atoms with van der Waals surface area (Å²) in [6.45, 7) is -0.907. The summed E-state index contributed by atoms with van der Waals surface area (Å²) in [6.07, 6.45) is -4.88. The minimum Gasteiger partial charge on any atom is -0.346 e. The lowest BCUT2D eigenvalue weighted by atomic mass is 10.0. The van der Waals surface area contributed by atoms with Gasteiger partial charge >= 0.3 is 5.92 Å². The van der Waals surface area contributed by atoms with E-state index >= 15 is 0 Å². The number of hydrogen-bond donors (Lipinski definition) is 2. The van der Waals surface area contributed by atoms with Crippen molar-refractivity contribution >= 4 is 35.2 Å². The summed E-state index contributed by atoms with van der Waals surface area (Å²) in [6, 6.07) is 6.37. The Morgan fingerprint density at radius 3 is 2.72 bits per heavy atom. The van der Waals surface area contributed by atoms with Crippen LogP contribution in [0, 0.1) is 0 Å². The Kier molecular flexibility index (Phi) is 4.24. The molecule has 10 heteroatoms. The topological polar surface area (TPSA) is 95.6 Å². The molecule has 4 rings (SSSR count). The number of alkyl halides is 2. The summed E-state index contributed by atoms with van der Waals surface area (Å²) in [5.41, 5.74) is -0.129. The maximum absolute atomic E-state index is 14.6. The molecule has 0 aromatic heterocycles. The van der Waals surface area contributed by atoms with Crippen LogP contribution in [0.25, 0.3) is 0 Å². The van der Waals surface area contributed by atoms with Crippen LogP contribution in [-0.4, -0.2) is 34.6 Å². The van der Waals surface area contributed by atoms with E-state index in [2.05, 4.69) is 0 Å². The van der Waals surface area contributed by atoms with Crippen molar-refractivity contribution in [3.63, 3.8) is 0 Å². The molecular formula is C22H18ClF2N3O4. The lowest BCUT2D eigenvalue weighted by molar-refractivity contribution is -0.147. The van der Waals surface area contributed by atoms with Crippen LogP contribution in [-0.2, 0) is 33.4 Å². The molecule has 4 amide bonds. The van der Waals surface area contributed by atoms with Gasteiger partial charge in [-0.15, -0.1) is 0 Å². The van der Waals surface area contributed by atoms with Crippen molar-refractivity contribution in [1.82, 2.24) is 15.5 Å². The molecule has 2 unspecified atom stereocenters. The van der Waals surface area contributed by atoms with Gasteiger partial charge < -0.3 is 10.2 Å². The van der Waals surface area contributed by atoms with Crippen LogP contribution in [0.5, 0.6) is 0 Å². The van der Waals surface area contributed by atoms with Crippen molar-refractivity contribution in [1.29, 1.82) is 0 Å². The van der Waals surface area contributed by atoms with Crippen LogP contribution in [0.1, 0.15) is 43.9 Å². The van der Waals surface area contributed by atoms with Crippen LogP contribution in [0.2, 0.25) is 7.85 Å². The molecule has 32 heavy (non-hydrogen) atoms. The van der Waals surface area contributed by atoms with Crippen LogP contribution in [0.15, 0.2) is 42.5 Å². The molecule has 0 saturated carbocycles. The highest BCUT2D eigenvalue weighted by Gasteiger charge is 2.41. The van der Waals surface area contributed by atoms with Gasteiger partial charge in [0.25, 0.3) is 11.8 Å². The number of halogens is 3. The van der Waals surface area contributed by atoms with Gasteiger partial charge in [0.2, 0.25) is 11.8 Å². The summed E-state index contributed by atoms with van der Waals surface area (Å²) >= 11 is 5.69. The van der Waals surface area contributed by atoms with Gasteiger partial charge in [-0.05, 0) is 35.7 Å². The second-order valence-corrected chi connectivity index (χ2v) is 7.57. The van der Waals surface area contributed by atoms with E-state index < -0.39 is 60.5 Å². The Balaban J connectivity index is 1.54. The van der Waals surface area contributed by atoms with Crippen LogP contribution < -0.4 is 10.6 Å². The molecular weight excluding hydrogens is 444 g/mol. The van der Waals surface area contributed by atoms with Gasteiger partial charge in [-0.3, -0.25) is 24.5 Å². The molecule has 2 heterocycles. The summed E-state index contributed by atoms with van der Waals surface area (Å²) in [4.78, 5) is 50.5. The highest BCUT2D eigenvalue weighted by molar-refractivity contribution is 6.30. The number of nitrogens with one attached hydrogen (secondary N) is 2. The number of carbonyl (C=O) groups excluding carboxylic acids is 4. The van der Waals surface area contributed by atoms with E-state index in [0.717, 1.165) is 17.0 Å². The fourth-order valence-corrected chi connectivity index (χ4v) is 3.52. The first-order chi connectivity index (χ1) is 17.2. The van der Waals surface area contributed by atoms with Crippen molar-refractivity contribution in [2.24, 2.45) is 0 Å². The molecule has 2 aliphatic heterocycles. The zero-order chi connectivity index (χ0) is 27.4. The Morgan fingerprint density at radius 1 is 1.28 bits per heavy atom. The number of benzene rings is 2. The van der Waals surface area contributed by atoms with Gasteiger partial charge in [0.1, 0.15) is 6.04 Å². The lowest BCUT2D eigenvalue weighted by Gasteiger charge is -2.29. The van der Waals surface area contributed by atoms with E-state index in [1.807, 2.05) is 0 Å². The van der Waals surface area contributed by atoms with E-state index in [1.165, 1.54) is 30.3 Å². The van der Waals surface area contributed by atoms with Crippen molar-refractivity contribution in [3.8, 4) is 0 Å². The number of amides is 4. The second-order valence-electron chi connectivity index (χ2n) is 7.13. The van der Waals surface area contributed by atoms with Gasteiger partial charge in [0.05, 0.1) is 0 Å². The van der Waals surface area contributed by atoms with Crippen molar-refractivity contribution in [2.75, 3.05) is 0 Å². The third-order valence-electron chi connectivity index (χ3n) is 5.01. The largest absolute Gasteiger partial charge is 0.349 e. The Bertz CT molecular complexity index is 1310. The maximum atomic E-state index is 14.6. The molecule has 2 atom stereocenters. The molecule has 7 nitrogen and oxygen atoms in total. The quantitative estimate of drug-likeness (QED) is 0.662. The predicted molar refractivity (Wildman–Crippen MR) is 110 cm³/mol. The zero-order valence-electron chi connectivity index (χ0n) is 21.2. The smallest absolute Gasteiger partial charge is 0.346 e. The average Bonchev–Trinajstić information content (AvgIpc) is 3.16. The molecule has 1 fully saturated rings. The van der Waals surface area contributed by atoms with E-state index in [0.29, 0.717) is 0 Å². The second kappa shape index (κ2) is 8.31. The summed E-state index contributed by atoms with van der Waals surface area (Å²) < 4.78 is 68.7. The van der Waals surface area contributed by atoms with Crippen LogP contribution >= 0.6 is 11.6 Å². The minimum atomic E-state index is -4.00. The van der Waals surface area contributed by atoms with Gasteiger partial charge in [-0.1, -0.05) is 35.9 Å². The number of hydrogen-bond acceptors (Lipinski definition) is 4. The third kappa shape index (κ3) is 4.08. The molecule has 2 N–H and O–H groups in total. The first-order valence-electron chi connectivity index (χ1n) is 11.8. The molecule has 2 aromatic carbocycles. The predicted octanol–water partition coefficient (Wildman–Crippen LogP) is 2.51. The highest BCUT2D eigenvalue weighted by Crippen LogP contribution is 2.30. The number of piperidine rings is 1. The maximum Gasteiger partial charge on any atom is 0.349 e. The van der Waals surface area contributed by atoms with E-state index in [-0.39, 0.29) is 38.9 Å². The standard InChI is InChI=1S/C22H18ClF2N3O4/c23-15-4-2-14(3-5-15)22(24,25)21(32)26-10-12-1-6-16-13(9-12)11-28(20(16)31)17-7-8-18(29)27-19(17)30/h1-6,9,17H,7-8,10-11H2,(H,26,32)(H,27,29,30)/i7D2,8D/hD2. The fourth-order valence-electron chi connectivity index (χ4n) is 3.40. The van der Waals surface area contributed by atoms with Crippen molar-refractivity contribution < 1.29 is 34.9 Å². The number of carbonyl (C=O) groups is 4. The Hall–Kier alpha value is -3.33. The molecule has 0 aliphatic carbocycles. The molecule has 166 valence electrons. The molecule has 2 aliphatic rings. The lowest BCUT2D eigenvalue weighted by Crippen LogP contribution is -2.52. The van der Waals surface area contributed by atoms with E-state index in [9.17, 15) is 28.0 Å². The molecule has 0 radical (unpaired) electrons. The molecule has 2 aromatic rings. The van der Waals surface area contributed by atoms with Crippen LogP contribution in [0.3, 0.4) is 0 Å². The normalized spacial score (nSPS) is 24.8. The number of fused-ring (bicyclic) bond motifs is 1. The SMILES string of the molecule is [2H]C1C(=O)N([2H])C(=O)C(N2Cc3cc(CN([2H])C(=O)C(F)(F)c4ccc(Cl)cc4)ccc3C2=O)C1([2H])[2H]. The zero-order valence-corrected chi connectivity index (χ0v) is 17.0. The minimum absolute atomic E-state index is 0.0525. The van der Waals surface area contributed by atoms with E-state index in [1.54, 1.807) is 0 Å². The van der Waals surface area contributed by atoms with Crippen molar-refractivity contribution in [3.05, 3.63) is 69.7 Å². The first kappa shape index (κ1) is 16.3. The summed E-state index contributed by atoms with van der Waals surface area (Å²) in [7, 11) is 0. The van der Waals surface area contributed by atoms with Gasteiger partial charge in [0.15, 0.2) is 2.82 Å². The van der Waals surface area contributed by atoms with Crippen LogP contribution in [0.4, 0.5) is 8.78 Å². The fraction of sp³-hybridized carbons (Fsp3) is 0.273. The Labute approximate surface area is 193 Å². The highest BCUT2D eigenvalue weighted by atomic mass is 35.5. The van der Waals surface area contributed by atoms with Crippen molar-refractivity contribution in [2.45, 2.75) is 37.8 Å². The molecule has 0 spiro atoms. The Morgan fingerprint density at radius 2 is 2.00 bits per heavy atom. The monoisotopic (exact) mass is 466 g/mol. The third-order valence-corrected chi connectivity index (χ3v) is 5.26. The van der Waals surface area contributed by atoms with Gasteiger partial charge in [0, 0.05) is 39.7 Å². The number of nitrogens with zero attached hydrogens (tertiary/aromatic N) is 1. The van der Waals surface area contributed by atoms with Gasteiger partial charge in [-0.2, -0.15) is 8.78 Å². The average molecular weight is 467 g/mol. The van der Waals surface area contributed by atoms with Gasteiger partial charge in [-0.25, -0.2) is 0 Å². The summed E-state index contributed by atoms with van der Waals surface area (Å²) in [5, 5.41) is 0.137. The number of imide groups is 1. The molecule has 0 bridgehead atoms. The number of rotatable bonds is 5. The summed E-state index contributed by atoms with van der Waals surface area (Å²) in [5.74, 6) is -9.24. The first-order valence-corrected chi connectivity index (χ1v) is 9.72.